The lowest BCUT2D eigenvalue weighted by atomic mass is 10.1. The van der Waals surface area contributed by atoms with Crippen molar-refractivity contribution in [1.82, 2.24) is 14.9 Å². The summed E-state index contributed by atoms with van der Waals surface area (Å²) in [6.07, 6.45) is 5.53. The van der Waals surface area contributed by atoms with E-state index in [1.165, 1.54) is 40.7 Å². The van der Waals surface area contributed by atoms with Gasteiger partial charge in [-0.1, -0.05) is 30.3 Å². The maximum absolute atomic E-state index is 4.93. The highest BCUT2D eigenvalue weighted by molar-refractivity contribution is 7.19. The number of rotatable bonds is 7. The van der Waals surface area contributed by atoms with Gasteiger partial charge in [0.15, 0.2) is 0 Å². The quantitative estimate of drug-likeness (QED) is 0.638. The van der Waals surface area contributed by atoms with Crippen LogP contribution in [0, 0.1) is 0 Å². The molecule has 0 radical (unpaired) electrons. The first-order chi connectivity index (χ1) is 12.7. The molecule has 0 atom stereocenters. The minimum absolute atomic E-state index is 0.783. The number of nitrogens with zero attached hydrogens (tertiary/aromatic N) is 3. The lowest BCUT2D eigenvalue weighted by Crippen LogP contribution is -2.17. The lowest BCUT2D eigenvalue weighted by molar-refractivity contribution is 0.405. The minimum atomic E-state index is 0.783. The molecule has 136 valence electrons. The highest BCUT2D eigenvalue weighted by atomic mass is 32.1. The van der Waals surface area contributed by atoms with Crippen LogP contribution in [0.3, 0.4) is 0 Å². The first-order valence-electron chi connectivity index (χ1n) is 9.44. The van der Waals surface area contributed by atoms with Gasteiger partial charge in [-0.2, -0.15) is 0 Å². The average Bonchev–Trinajstić information content (AvgIpc) is 3.20. The molecule has 0 fully saturated rings. The molecule has 2 heterocycles. The van der Waals surface area contributed by atoms with E-state index in [0.29, 0.717) is 0 Å². The number of hydrogen-bond donors (Lipinski definition) is 1. The Labute approximate surface area is 159 Å². The highest BCUT2D eigenvalue weighted by Crippen LogP contribution is 2.39. The monoisotopic (exact) mass is 366 g/mol. The van der Waals surface area contributed by atoms with Gasteiger partial charge in [0, 0.05) is 17.8 Å². The van der Waals surface area contributed by atoms with Crippen molar-refractivity contribution in [3.8, 4) is 0 Å². The number of thiophene rings is 1. The van der Waals surface area contributed by atoms with Crippen molar-refractivity contribution in [1.29, 1.82) is 0 Å². The second-order valence-electron chi connectivity index (χ2n) is 7.27. The van der Waals surface area contributed by atoms with Crippen LogP contribution in [0.1, 0.15) is 34.7 Å². The second kappa shape index (κ2) is 7.72. The number of hydrogen-bond acceptors (Lipinski definition) is 5. The molecule has 4 rings (SSSR count). The Kier molecular flexibility index (Phi) is 5.18. The summed E-state index contributed by atoms with van der Waals surface area (Å²) in [6.45, 7) is 2.03. The summed E-state index contributed by atoms with van der Waals surface area (Å²) in [7, 11) is 4.24. The molecule has 3 aromatic rings. The predicted molar refractivity (Wildman–Crippen MR) is 110 cm³/mol. The summed E-state index contributed by atoms with van der Waals surface area (Å²) >= 11 is 1.87. The van der Waals surface area contributed by atoms with Crippen LogP contribution in [0.4, 0.5) is 5.82 Å². The van der Waals surface area contributed by atoms with Gasteiger partial charge in [-0.05, 0) is 57.5 Å². The van der Waals surface area contributed by atoms with Crippen molar-refractivity contribution in [3.63, 3.8) is 0 Å². The Hall–Kier alpha value is -1.98. The Morgan fingerprint density at radius 1 is 1.12 bits per heavy atom. The average molecular weight is 367 g/mol. The molecule has 2 aromatic heterocycles. The standard InChI is InChI=1S/C21H26N4S/c1-25(2)13-7-12-22-20-19-16-10-6-11-17(16)26-21(19)24-18(23-20)14-15-8-4-3-5-9-15/h3-5,8-9H,6-7,10-14H2,1-2H3,(H,22,23,24). The van der Waals surface area contributed by atoms with E-state index in [4.69, 9.17) is 9.97 Å². The van der Waals surface area contributed by atoms with E-state index in [9.17, 15) is 0 Å². The van der Waals surface area contributed by atoms with Crippen molar-refractivity contribution < 1.29 is 0 Å². The zero-order valence-electron chi connectivity index (χ0n) is 15.6. The van der Waals surface area contributed by atoms with Crippen LogP contribution in [0.5, 0.6) is 0 Å². The van der Waals surface area contributed by atoms with Crippen LogP contribution >= 0.6 is 11.3 Å². The molecule has 4 nitrogen and oxygen atoms in total. The zero-order chi connectivity index (χ0) is 17.9. The van der Waals surface area contributed by atoms with E-state index in [2.05, 4.69) is 54.6 Å². The molecule has 26 heavy (non-hydrogen) atoms. The first-order valence-corrected chi connectivity index (χ1v) is 10.3. The van der Waals surface area contributed by atoms with Crippen LogP contribution in [-0.2, 0) is 19.3 Å². The van der Waals surface area contributed by atoms with Gasteiger partial charge in [0.1, 0.15) is 16.5 Å². The number of anilines is 1. The molecule has 1 aliphatic carbocycles. The van der Waals surface area contributed by atoms with Crippen molar-refractivity contribution in [2.24, 2.45) is 0 Å². The van der Waals surface area contributed by atoms with Gasteiger partial charge >= 0.3 is 0 Å². The Bertz CT molecular complexity index is 886. The van der Waals surface area contributed by atoms with Gasteiger partial charge in [-0.15, -0.1) is 11.3 Å². The van der Waals surface area contributed by atoms with Gasteiger partial charge in [-0.3, -0.25) is 0 Å². The fraction of sp³-hybridized carbons (Fsp3) is 0.429. The van der Waals surface area contributed by atoms with Crippen molar-refractivity contribution >= 4 is 27.4 Å². The van der Waals surface area contributed by atoms with Crippen molar-refractivity contribution in [2.75, 3.05) is 32.5 Å². The maximum Gasteiger partial charge on any atom is 0.138 e. The fourth-order valence-electron chi connectivity index (χ4n) is 3.63. The fourth-order valence-corrected chi connectivity index (χ4v) is 4.91. The maximum atomic E-state index is 4.93. The zero-order valence-corrected chi connectivity index (χ0v) is 16.4. The summed E-state index contributed by atoms with van der Waals surface area (Å²) in [5.74, 6) is 1.96. The molecule has 1 aliphatic rings. The molecule has 1 aromatic carbocycles. The van der Waals surface area contributed by atoms with E-state index in [-0.39, 0.29) is 0 Å². The van der Waals surface area contributed by atoms with Crippen molar-refractivity contribution in [3.05, 3.63) is 52.2 Å². The molecular formula is C21H26N4S. The summed E-state index contributed by atoms with van der Waals surface area (Å²) in [5.41, 5.74) is 2.75. The van der Waals surface area contributed by atoms with Crippen LogP contribution in [-0.4, -0.2) is 42.1 Å². The molecule has 5 heteroatoms. The van der Waals surface area contributed by atoms with Crippen molar-refractivity contribution in [2.45, 2.75) is 32.1 Å². The third-order valence-corrected chi connectivity index (χ3v) is 6.08. The molecular weight excluding hydrogens is 340 g/mol. The largest absolute Gasteiger partial charge is 0.369 e. The van der Waals surface area contributed by atoms with E-state index in [1.54, 1.807) is 0 Å². The number of benzene rings is 1. The van der Waals surface area contributed by atoms with E-state index < -0.39 is 0 Å². The summed E-state index contributed by atoms with van der Waals surface area (Å²) < 4.78 is 0. The Morgan fingerprint density at radius 2 is 1.96 bits per heavy atom. The van der Waals surface area contributed by atoms with Crippen LogP contribution < -0.4 is 5.32 Å². The van der Waals surface area contributed by atoms with Crippen LogP contribution in [0.2, 0.25) is 0 Å². The summed E-state index contributed by atoms with van der Waals surface area (Å²) in [4.78, 5) is 14.7. The summed E-state index contributed by atoms with van der Waals surface area (Å²) in [5, 5.41) is 4.90. The topological polar surface area (TPSA) is 41.0 Å². The third-order valence-electron chi connectivity index (χ3n) is 4.89. The number of nitrogens with one attached hydrogen (secondary N) is 1. The Morgan fingerprint density at radius 3 is 2.77 bits per heavy atom. The van der Waals surface area contributed by atoms with Gasteiger partial charge < -0.3 is 10.2 Å². The van der Waals surface area contributed by atoms with E-state index in [0.717, 1.165) is 42.4 Å². The predicted octanol–water partition coefficient (Wildman–Crippen LogP) is 4.13. The molecule has 0 unspecified atom stereocenters. The number of aromatic nitrogens is 2. The van der Waals surface area contributed by atoms with Gasteiger partial charge in [0.05, 0.1) is 5.39 Å². The van der Waals surface area contributed by atoms with E-state index >= 15 is 0 Å². The SMILES string of the molecule is CN(C)CCCNc1nc(Cc2ccccc2)nc2sc3c(c12)CCC3. The Balaban J connectivity index is 1.64. The first kappa shape index (κ1) is 17.4. The lowest BCUT2D eigenvalue weighted by Gasteiger charge is -2.12. The second-order valence-corrected chi connectivity index (χ2v) is 8.36. The molecule has 0 aliphatic heterocycles. The minimum Gasteiger partial charge on any atom is -0.369 e. The molecule has 0 saturated carbocycles. The molecule has 0 amide bonds. The van der Waals surface area contributed by atoms with Gasteiger partial charge in [-0.25, -0.2) is 9.97 Å². The van der Waals surface area contributed by atoms with Gasteiger partial charge in [0.2, 0.25) is 0 Å². The van der Waals surface area contributed by atoms with Crippen LogP contribution in [0.15, 0.2) is 30.3 Å². The number of fused-ring (bicyclic) bond motifs is 3. The summed E-state index contributed by atoms with van der Waals surface area (Å²) in [6, 6.07) is 10.5. The molecule has 0 bridgehead atoms. The van der Waals surface area contributed by atoms with E-state index in [1.807, 2.05) is 11.3 Å². The molecule has 1 N–H and O–H groups in total. The molecule has 0 saturated heterocycles. The smallest absolute Gasteiger partial charge is 0.138 e. The highest BCUT2D eigenvalue weighted by Gasteiger charge is 2.22. The number of aryl methyl sites for hydroxylation is 2. The third kappa shape index (κ3) is 3.74. The van der Waals surface area contributed by atoms with Crippen LogP contribution in [0.25, 0.3) is 10.2 Å². The molecule has 0 spiro atoms. The normalized spacial score (nSPS) is 13.5. The van der Waals surface area contributed by atoms with Gasteiger partial charge in [0.25, 0.3) is 0 Å².